The monoisotopic (exact) mass is 214 g/mol. The summed E-state index contributed by atoms with van der Waals surface area (Å²) < 4.78 is 0. The molecule has 0 bridgehead atoms. The fourth-order valence-electron chi connectivity index (χ4n) is 1.50. The van der Waals surface area contributed by atoms with Crippen LogP contribution in [-0.4, -0.2) is 0 Å². The third kappa shape index (κ3) is 1.91. The lowest BCUT2D eigenvalue weighted by Crippen LogP contribution is -2.12. The number of hydrogen-bond acceptors (Lipinski definition) is 3. The Balaban J connectivity index is 2.42. The summed E-state index contributed by atoms with van der Waals surface area (Å²) in [5.74, 6) is 0. The predicted molar refractivity (Wildman–Crippen MR) is 61.5 cm³/mol. The minimum absolute atomic E-state index is 0.202. The Labute approximate surface area is 92.6 Å². The van der Waals surface area contributed by atoms with Crippen molar-refractivity contribution in [3.05, 3.63) is 57.8 Å². The van der Waals surface area contributed by atoms with Crippen molar-refractivity contribution in [1.82, 2.24) is 0 Å². The van der Waals surface area contributed by atoms with Gasteiger partial charge in [0.25, 0.3) is 0 Å². The lowest BCUT2D eigenvalue weighted by molar-refractivity contribution is 0.873. The first-order valence-corrected chi connectivity index (χ1v) is 5.54. The zero-order valence-electron chi connectivity index (χ0n) is 8.05. The van der Waals surface area contributed by atoms with E-state index in [4.69, 9.17) is 11.0 Å². The van der Waals surface area contributed by atoms with E-state index in [1.54, 1.807) is 17.4 Å². The number of thiophene rings is 1. The zero-order chi connectivity index (χ0) is 10.7. The fraction of sp³-hybridized carbons (Fsp3) is 0.0833. The van der Waals surface area contributed by atoms with Crippen LogP contribution in [0.1, 0.15) is 22.7 Å². The van der Waals surface area contributed by atoms with Crippen LogP contribution in [0, 0.1) is 11.3 Å². The number of hydrogen-bond donors (Lipinski definition) is 1. The Morgan fingerprint density at radius 3 is 2.73 bits per heavy atom. The first-order valence-electron chi connectivity index (χ1n) is 4.59. The van der Waals surface area contributed by atoms with Gasteiger partial charge in [-0.3, -0.25) is 0 Å². The van der Waals surface area contributed by atoms with Crippen LogP contribution in [0.2, 0.25) is 0 Å². The van der Waals surface area contributed by atoms with Gasteiger partial charge in [0, 0.05) is 0 Å². The minimum atomic E-state index is -0.202. The van der Waals surface area contributed by atoms with E-state index in [1.165, 1.54) is 0 Å². The number of nitriles is 1. The van der Waals surface area contributed by atoms with Crippen molar-refractivity contribution in [2.75, 3.05) is 0 Å². The van der Waals surface area contributed by atoms with Crippen LogP contribution < -0.4 is 5.73 Å². The Morgan fingerprint density at radius 1 is 1.27 bits per heavy atom. The van der Waals surface area contributed by atoms with Gasteiger partial charge in [-0.25, -0.2) is 0 Å². The quantitative estimate of drug-likeness (QED) is 0.835. The topological polar surface area (TPSA) is 49.8 Å². The van der Waals surface area contributed by atoms with Gasteiger partial charge in [0.2, 0.25) is 0 Å². The van der Waals surface area contributed by atoms with Gasteiger partial charge in [0.1, 0.15) is 0 Å². The van der Waals surface area contributed by atoms with E-state index in [9.17, 15) is 0 Å². The van der Waals surface area contributed by atoms with Gasteiger partial charge in [0.05, 0.1) is 17.7 Å². The highest BCUT2D eigenvalue weighted by molar-refractivity contribution is 7.08. The summed E-state index contributed by atoms with van der Waals surface area (Å²) in [5.41, 5.74) is 8.69. The van der Waals surface area contributed by atoms with E-state index in [0.29, 0.717) is 5.56 Å². The molecule has 74 valence electrons. The van der Waals surface area contributed by atoms with Gasteiger partial charge >= 0.3 is 0 Å². The molecule has 1 heterocycles. The van der Waals surface area contributed by atoms with Gasteiger partial charge < -0.3 is 5.73 Å². The molecule has 3 heteroatoms. The Hall–Kier alpha value is -1.63. The lowest BCUT2D eigenvalue weighted by Gasteiger charge is -2.11. The lowest BCUT2D eigenvalue weighted by atomic mass is 9.98. The van der Waals surface area contributed by atoms with Gasteiger partial charge in [-0.15, -0.1) is 0 Å². The van der Waals surface area contributed by atoms with E-state index in [2.05, 4.69) is 6.07 Å². The molecule has 0 aliphatic rings. The van der Waals surface area contributed by atoms with Crippen molar-refractivity contribution >= 4 is 11.3 Å². The first-order chi connectivity index (χ1) is 7.33. The SMILES string of the molecule is N#Cc1ccccc1[C@H](N)c1ccsc1. The van der Waals surface area contributed by atoms with Crippen LogP contribution >= 0.6 is 11.3 Å². The molecule has 15 heavy (non-hydrogen) atoms. The summed E-state index contributed by atoms with van der Waals surface area (Å²) in [6.07, 6.45) is 0. The minimum Gasteiger partial charge on any atom is -0.320 e. The van der Waals surface area contributed by atoms with Gasteiger partial charge in [-0.2, -0.15) is 16.6 Å². The number of nitrogens with zero attached hydrogens (tertiary/aromatic N) is 1. The number of nitrogens with two attached hydrogens (primary N) is 1. The second kappa shape index (κ2) is 4.26. The van der Waals surface area contributed by atoms with Crippen LogP contribution in [0.5, 0.6) is 0 Å². The second-order valence-electron chi connectivity index (χ2n) is 3.23. The molecule has 2 rings (SSSR count). The highest BCUT2D eigenvalue weighted by Gasteiger charge is 2.12. The van der Waals surface area contributed by atoms with E-state index in [0.717, 1.165) is 11.1 Å². The number of rotatable bonds is 2. The molecular weight excluding hydrogens is 204 g/mol. The van der Waals surface area contributed by atoms with Gasteiger partial charge in [0.15, 0.2) is 0 Å². The molecular formula is C12H10N2S. The highest BCUT2D eigenvalue weighted by Crippen LogP contribution is 2.23. The highest BCUT2D eigenvalue weighted by atomic mass is 32.1. The summed E-state index contributed by atoms with van der Waals surface area (Å²) in [5, 5.41) is 13.0. The maximum absolute atomic E-state index is 8.96. The van der Waals surface area contributed by atoms with Crippen LogP contribution in [0.3, 0.4) is 0 Å². The van der Waals surface area contributed by atoms with Crippen molar-refractivity contribution in [2.45, 2.75) is 6.04 Å². The summed E-state index contributed by atoms with van der Waals surface area (Å²) in [7, 11) is 0. The van der Waals surface area contributed by atoms with E-state index in [1.807, 2.05) is 35.0 Å². The molecule has 1 aromatic heterocycles. The largest absolute Gasteiger partial charge is 0.320 e. The van der Waals surface area contributed by atoms with E-state index >= 15 is 0 Å². The number of benzene rings is 1. The molecule has 0 unspecified atom stereocenters. The predicted octanol–water partition coefficient (Wildman–Crippen LogP) is 2.67. The van der Waals surface area contributed by atoms with Crippen LogP contribution in [0.15, 0.2) is 41.1 Å². The van der Waals surface area contributed by atoms with Crippen LogP contribution in [0.25, 0.3) is 0 Å². The zero-order valence-corrected chi connectivity index (χ0v) is 8.87. The molecule has 0 saturated carbocycles. The van der Waals surface area contributed by atoms with Crippen LogP contribution in [0.4, 0.5) is 0 Å². The molecule has 2 nitrogen and oxygen atoms in total. The fourth-order valence-corrected chi connectivity index (χ4v) is 2.20. The Bertz CT molecular complexity index is 483. The van der Waals surface area contributed by atoms with Crippen molar-refractivity contribution in [1.29, 1.82) is 5.26 Å². The van der Waals surface area contributed by atoms with Gasteiger partial charge in [-0.1, -0.05) is 18.2 Å². The molecule has 0 spiro atoms. The maximum Gasteiger partial charge on any atom is 0.0995 e. The molecule has 1 atom stereocenters. The third-order valence-corrected chi connectivity index (χ3v) is 3.02. The normalized spacial score (nSPS) is 12.0. The molecule has 2 aromatic rings. The average Bonchev–Trinajstić information content (AvgIpc) is 2.81. The maximum atomic E-state index is 8.96. The van der Waals surface area contributed by atoms with Crippen molar-refractivity contribution in [3.63, 3.8) is 0 Å². The summed E-state index contributed by atoms with van der Waals surface area (Å²) >= 11 is 1.61. The molecule has 0 amide bonds. The molecule has 0 aliphatic carbocycles. The average molecular weight is 214 g/mol. The van der Waals surface area contributed by atoms with E-state index < -0.39 is 0 Å². The Morgan fingerprint density at radius 2 is 2.07 bits per heavy atom. The van der Waals surface area contributed by atoms with Crippen molar-refractivity contribution in [3.8, 4) is 6.07 Å². The van der Waals surface area contributed by atoms with Crippen LogP contribution in [-0.2, 0) is 0 Å². The molecule has 0 radical (unpaired) electrons. The van der Waals surface area contributed by atoms with Crippen molar-refractivity contribution < 1.29 is 0 Å². The first kappa shape index (κ1) is 9.91. The third-order valence-electron chi connectivity index (χ3n) is 2.32. The summed E-state index contributed by atoms with van der Waals surface area (Å²) in [6.45, 7) is 0. The van der Waals surface area contributed by atoms with E-state index in [-0.39, 0.29) is 6.04 Å². The standard InChI is InChI=1S/C12H10N2S/c13-7-9-3-1-2-4-11(9)12(14)10-5-6-15-8-10/h1-6,8,12H,14H2/t12-/m1/s1. The molecule has 0 saturated heterocycles. The Kier molecular flexibility index (Phi) is 2.82. The van der Waals surface area contributed by atoms with Crippen molar-refractivity contribution in [2.24, 2.45) is 5.73 Å². The molecule has 0 aliphatic heterocycles. The molecule has 2 N–H and O–H groups in total. The summed E-state index contributed by atoms with van der Waals surface area (Å²) in [4.78, 5) is 0. The second-order valence-corrected chi connectivity index (χ2v) is 4.01. The van der Waals surface area contributed by atoms with Gasteiger partial charge in [-0.05, 0) is 34.0 Å². The smallest absolute Gasteiger partial charge is 0.0995 e. The molecule has 1 aromatic carbocycles. The summed E-state index contributed by atoms with van der Waals surface area (Å²) in [6, 6.07) is 11.4. The molecule has 0 fully saturated rings.